The largest absolute Gasteiger partial charge is 0.326 e. The van der Waals surface area contributed by atoms with Gasteiger partial charge >= 0.3 is 0 Å². The van der Waals surface area contributed by atoms with Crippen LogP contribution in [0.15, 0.2) is 24.3 Å². The molecule has 1 aliphatic rings. The number of carbonyl (C=O) groups is 1. The molecule has 1 atom stereocenters. The van der Waals surface area contributed by atoms with Gasteiger partial charge in [-0.15, -0.1) is 12.4 Å². The van der Waals surface area contributed by atoms with Crippen LogP contribution in [0.2, 0.25) is 0 Å². The van der Waals surface area contributed by atoms with Crippen LogP contribution in [0.3, 0.4) is 0 Å². The van der Waals surface area contributed by atoms with Gasteiger partial charge in [-0.05, 0) is 55.5 Å². The number of halogens is 1. The number of carbonyl (C=O) groups excluding carboxylic acids is 1. The van der Waals surface area contributed by atoms with E-state index in [-0.39, 0.29) is 24.1 Å². The molecule has 1 unspecified atom stereocenters. The van der Waals surface area contributed by atoms with E-state index in [4.69, 9.17) is 0 Å². The summed E-state index contributed by atoms with van der Waals surface area (Å²) >= 11 is 0. The molecule has 24 heavy (non-hydrogen) atoms. The molecule has 0 aromatic heterocycles. The Hall–Kier alpha value is -1.11. The highest BCUT2D eigenvalue weighted by molar-refractivity contribution is 7.89. The molecule has 1 fully saturated rings. The van der Waals surface area contributed by atoms with Crippen LogP contribution in [-0.2, 0) is 20.4 Å². The first kappa shape index (κ1) is 20.9. The molecule has 0 aliphatic carbocycles. The highest BCUT2D eigenvalue weighted by Crippen LogP contribution is 2.24. The van der Waals surface area contributed by atoms with Crippen molar-refractivity contribution in [2.24, 2.45) is 11.8 Å². The Morgan fingerprint density at radius 2 is 2.00 bits per heavy atom. The fraction of sp³-hybridized carbons (Fsp3) is 0.588. The van der Waals surface area contributed by atoms with E-state index >= 15 is 0 Å². The summed E-state index contributed by atoms with van der Waals surface area (Å²) < 4.78 is 22.7. The lowest BCUT2D eigenvalue weighted by Gasteiger charge is -2.27. The second-order valence-electron chi connectivity index (χ2n) is 6.59. The first-order valence-corrected chi connectivity index (χ1v) is 10.2. The van der Waals surface area contributed by atoms with Crippen LogP contribution in [-0.4, -0.2) is 33.7 Å². The third kappa shape index (κ3) is 7.20. The predicted octanol–water partition coefficient (Wildman–Crippen LogP) is 2.62. The summed E-state index contributed by atoms with van der Waals surface area (Å²) in [4.78, 5) is 12.2. The summed E-state index contributed by atoms with van der Waals surface area (Å²) in [5.41, 5.74) is 1.35. The van der Waals surface area contributed by atoms with Crippen molar-refractivity contribution < 1.29 is 13.2 Å². The predicted molar refractivity (Wildman–Crippen MR) is 100 cm³/mol. The first-order valence-electron chi connectivity index (χ1n) is 8.11. The Bertz CT molecular complexity index is 643. The molecule has 1 saturated heterocycles. The van der Waals surface area contributed by atoms with Gasteiger partial charge in [0.05, 0.1) is 5.75 Å². The number of anilines is 1. The number of rotatable bonds is 6. The zero-order chi connectivity index (χ0) is 16.9. The summed E-state index contributed by atoms with van der Waals surface area (Å²) in [5, 5.41) is 6.23. The number of nitrogens with one attached hydrogen (secondary N) is 2. The van der Waals surface area contributed by atoms with Crippen molar-refractivity contribution in [3.63, 3.8) is 0 Å². The van der Waals surface area contributed by atoms with Crippen molar-refractivity contribution in [2.45, 2.75) is 31.9 Å². The molecule has 1 amide bonds. The van der Waals surface area contributed by atoms with Crippen molar-refractivity contribution in [3.05, 3.63) is 29.8 Å². The van der Waals surface area contributed by atoms with Gasteiger partial charge in [-0.3, -0.25) is 4.79 Å². The molecule has 0 radical (unpaired) electrons. The van der Waals surface area contributed by atoms with E-state index in [0.717, 1.165) is 25.9 Å². The van der Waals surface area contributed by atoms with Gasteiger partial charge < -0.3 is 10.6 Å². The Labute approximate surface area is 150 Å². The normalized spacial score (nSPS) is 16.9. The summed E-state index contributed by atoms with van der Waals surface area (Å²) in [5.74, 6) is 0.935. The van der Waals surface area contributed by atoms with Gasteiger partial charge in [0, 0.05) is 18.4 Å². The number of benzene rings is 1. The van der Waals surface area contributed by atoms with Crippen molar-refractivity contribution in [3.8, 4) is 0 Å². The highest BCUT2D eigenvalue weighted by Gasteiger charge is 2.22. The SMILES string of the molecule is CC(CC(=O)Nc1cccc(CS(C)(=O)=O)c1)C1CCNCC1.Cl. The summed E-state index contributed by atoms with van der Waals surface area (Å²) in [6.07, 6.45) is 3.95. The minimum Gasteiger partial charge on any atom is -0.326 e. The third-order valence-electron chi connectivity index (χ3n) is 4.34. The minimum absolute atomic E-state index is 0. The first-order chi connectivity index (χ1) is 10.8. The Morgan fingerprint density at radius 1 is 1.33 bits per heavy atom. The standard InChI is InChI=1S/C17H26N2O3S.ClH/c1-13(15-6-8-18-9-7-15)10-17(20)19-16-5-3-4-14(11-16)12-23(2,21)22;/h3-5,11,13,15,18H,6-10,12H2,1-2H3,(H,19,20);1H. The molecule has 0 saturated carbocycles. The quantitative estimate of drug-likeness (QED) is 0.802. The summed E-state index contributed by atoms with van der Waals surface area (Å²) in [6, 6.07) is 7.05. The van der Waals surface area contributed by atoms with Crippen LogP contribution in [0, 0.1) is 11.8 Å². The van der Waals surface area contributed by atoms with Crippen LogP contribution >= 0.6 is 12.4 Å². The van der Waals surface area contributed by atoms with E-state index in [2.05, 4.69) is 17.6 Å². The molecule has 1 heterocycles. The second-order valence-corrected chi connectivity index (χ2v) is 8.73. The van der Waals surface area contributed by atoms with Gasteiger partial charge in [-0.1, -0.05) is 19.1 Å². The molecule has 0 bridgehead atoms. The second kappa shape index (κ2) is 9.39. The molecular formula is C17H27ClN2O3S. The third-order valence-corrected chi connectivity index (χ3v) is 5.19. The zero-order valence-corrected chi connectivity index (χ0v) is 15.9. The number of amides is 1. The minimum atomic E-state index is -3.07. The maximum atomic E-state index is 12.2. The van der Waals surface area contributed by atoms with E-state index in [1.807, 2.05) is 0 Å². The molecule has 1 aromatic carbocycles. The Balaban J connectivity index is 0.00000288. The van der Waals surface area contributed by atoms with Crippen LogP contribution in [0.1, 0.15) is 31.7 Å². The fourth-order valence-corrected chi connectivity index (χ4v) is 3.91. The molecule has 2 N–H and O–H groups in total. The van der Waals surface area contributed by atoms with Gasteiger partial charge in [0.25, 0.3) is 0 Å². The summed E-state index contributed by atoms with van der Waals surface area (Å²) in [7, 11) is -3.07. The lowest BCUT2D eigenvalue weighted by Crippen LogP contribution is -2.32. The lowest BCUT2D eigenvalue weighted by molar-refractivity contribution is -0.117. The van der Waals surface area contributed by atoms with Gasteiger partial charge in [0.2, 0.25) is 5.91 Å². The van der Waals surface area contributed by atoms with E-state index < -0.39 is 9.84 Å². The topological polar surface area (TPSA) is 75.3 Å². The summed E-state index contributed by atoms with van der Waals surface area (Å²) in [6.45, 7) is 4.20. The molecule has 0 spiro atoms. The lowest BCUT2D eigenvalue weighted by atomic mass is 9.84. The van der Waals surface area contributed by atoms with E-state index in [9.17, 15) is 13.2 Å². The highest BCUT2D eigenvalue weighted by atomic mass is 35.5. The van der Waals surface area contributed by atoms with Gasteiger partial charge in [0.15, 0.2) is 9.84 Å². The van der Waals surface area contributed by atoms with Gasteiger partial charge in [-0.25, -0.2) is 8.42 Å². The molecule has 2 rings (SSSR count). The molecular weight excluding hydrogens is 348 g/mol. The number of piperidine rings is 1. The van der Waals surface area contributed by atoms with Crippen molar-refractivity contribution in [2.75, 3.05) is 24.7 Å². The number of hydrogen-bond donors (Lipinski definition) is 2. The number of hydrogen-bond acceptors (Lipinski definition) is 4. The zero-order valence-electron chi connectivity index (χ0n) is 14.2. The Kier molecular flexibility index (Phi) is 8.19. The van der Waals surface area contributed by atoms with E-state index in [0.29, 0.717) is 29.5 Å². The van der Waals surface area contributed by atoms with Crippen LogP contribution < -0.4 is 10.6 Å². The van der Waals surface area contributed by atoms with Gasteiger partial charge in [-0.2, -0.15) is 0 Å². The number of sulfone groups is 1. The van der Waals surface area contributed by atoms with Crippen molar-refractivity contribution in [1.29, 1.82) is 0 Å². The van der Waals surface area contributed by atoms with E-state index in [1.54, 1.807) is 24.3 Å². The Morgan fingerprint density at radius 3 is 2.62 bits per heavy atom. The molecule has 136 valence electrons. The average Bonchev–Trinajstić information content (AvgIpc) is 2.46. The average molecular weight is 375 g/mol. The monoisotopic (exact) mass is 374 g/mol. The van der Waals surface area contributed by atoms with Crippen LogP contribution in [0.4, 0.5) is 5.69 Å². The maximum absolute atomic E-state index is 12.2. The van der Waals surface area contributed by atoms with E-state index in [1.165, 1.54) is 6.26 Å². The molecule has 1 aliphatic heterocycles. The molecule has 1 aromatic rings. The van der Waals surface area contributed by atoms with Crippen molar-refractivity contribution in [1.82, 2.24) is 5.32 Å². The van der Waals surface area contributed by atoms with Crippen LogP contribution in [0.25, 0.3) is 0 Å². The maximum Gasteiger partial charge on any atom is 0.224 e. The van der Waals surface area contributed by atoms with Crippen LogP contribution in [0.5, 0.6) is 0 Å². The fourth-order valence-electron chi connectivity index (χ4n) is 3.13. The van der Waals surface area contributed by atoms with Crippen molar-refractivity contribution >= 4 is 33.8 Å². The molecule has 5 nitrogen and oxygen atoms in total. The smallest absolute Gasteiger partial charge is 0.224 e. The molecule has 7 heteroatoms. The van der Waals surface area contributed by atoms with Gasteiger partial charge in [0.1, 0.15) is 0 Å².